The summed E-state index contributed by atoms with van der Waals surface area (Å²) in [6, 6.07) is 2.06. The summed E-state index contributed by atoms with van der Waals surface area (Å²) < 4.78 is 0. The molecule has 6 heteroatoms. The molecule has 1 saturated carbocycles. The van der Waals surface area contributed by atoms with Crippen molar-refractivity contribution in [1.82, 2.24) is 20.0 Å². The Morgan fingerprint density at radius 2 is 1.63 bits per heavy atom. The van der Waals surface area contributed by atoms with E-state index in [-0.39, 0.29) is 6.03 Å². The minimum atomic E-state index is 0.188. The molecule has 3 aliphatic heterocycles. The molecule has 152 valence electrons. The fraction of sp³-hybridized carbons (Fsp3) is 0.905. The molecular weight excluding hydrogens is 340 g/mol. The number of rotatable bonds is 4. The van der Waals surface area contributed by atoms with Crippen molar-refractivity contribution in [2.24, 2.45) is 0 Å². The Balaban J connectivity index is 1.26. The number of urea groups is 1. The largest absolute Gasteiger partial charge is 0.343 e. The number of nitrogens with zero attached hydrogens (tertiary/aromatic N) is 3. The Hall–Kier alpha value is -1.30. The summed E-state index contributed by atoms with van der Waals surface area (Å²) in [4.78, 5) is 31.5. The zero-order valence-electron chi connectivity index (χ0n) is 16.9. The lowest BCUT2D eigenvalue weighted by Crippen LogP contribution is -2.53. The average Bonchev–Trinajstić information content (AvgIpc) is 3.04. The topological polar surface area (TPSA) is 55.9 Å². The van der Waals surface area contributed by atoms with Gasteiger partial charge in [-0.05, 0) is 44.9 Å². The Morgan fingerprint density at radius 1 is 0.963 bits per heavy atom. The van der Waals surface area contributed by atoms with Gasteiger partial charge in [-0.2, -0.15) is 0 Å². The molecule has 1 aliphatic carbocycles. The Labute approximate surface area is 163 Å². The van der Waals surface area contributed by atoms with Crippen molar-refractivity contribution in [2.75, 3.05) is 26.2 Å². The summed E-state index contributed by atoms with van der Waals surface area (Å²) >= 11 is 0. The van der Waals surface area contributed by atoms with Crippen LogP contribution >= 0.6 is 0 Å². The Morgan fingerprint density at radius 3 is 2.33 bits per heavy atom. The van der Waals surface area contributed by atoms with Crippen LogP contribution in [0.5, 0.6) is 0 Å². The van der Waals surface area contributed by atoms with Crippen molar-refractivity contribution in [2.45, 2.75) is 95.3 Å². The highest BCUT2D eigenvalue weighted by molar-refractivity contribution is 5.78. The second-order valence-corrected chi connectivity index (χ2v) is 8.94. The molecule has 4 aliphatic rings. The molecule has 3 amide bonds. The van der Waals surface area contributed by atoms with E-state index in [2.05, 4.69) is 26.9 Å². The molecule has 0 aromatic rings. The fourth-order valence-corrected chi connectivity index (χ4v) is 5.81. The third-order valence-electron chi connectivity index (χ3n) is 7.32. The standard InChI is InChI=1S/C21H36N4O2/c1-2-5-20(26)24-14-8-16(9-15-24)23-12-10-17(11-13-23)25-19-7-4-3-6-18(19)22-21(25)27/h16-19H,2-15H2,1H3,(H,22,27)/t18-,19?/m1/s1. The molecule has 1 unspecified atom stereocenters. The van der Waals surface area contributed by atoms with E-state index in [1.54, 1.807) is 0 Å². The number of likely N-dealkylation sites (tertiary alicyclic amines) is 2. The summed E-state index contributed by atoms with van der Waals surface area (Å²) in [6.07, 6.45) is 10.9. The molecule has 3 heterocycles. The smallest absolute Gasteiger partial charge is 0.318 e. The fourth-order valence-electron chi connectivity index (χ4n) is 5.81. The molecule has 4 fully saturated rings. The lowest BCUT2D eigenvalue weighted by Gasteiger charge is -2.44. The first-order chi connectivity index (χ1) is 13.2. The van der Waals surface area contributed by atoms with Gasteiger partial charge in [0.15, 0.2) is 0 Å². The highest BCUT2D eigenvalue weighted by Gasteiger charge is 2.44. The molecule has 0 bridgehead atoms. The maximum absolute atomic E-state index is 12.5. The highest BCUT2D eigenvalue weighted by atomic mass is 16.2. The van der Waals surface area contributed by atoms with Gasteiger partial charge >= 0.3 is 6.03 Å². The molecule has 27 heavy (non-hydrogen) atoms. The van der Waals surface area contributed by atoms with Gasteiger partial charge in [-0.15, -0.1) is 0 Å². The molecule has 4 rings (SSSR count). The molecule has 0 aromatic carbocycles. The minimum Gasteiger partial charge on any atom is -0.343 e. The number of piperidine rings is 2. The third kappa shape index (κ3) is 3.96. The number of hydrogen-bond donors (Lipinski definition) is 1. The number of fused-ring (bicyclic) bond motifs is 1. The van der Waals surface area contributed by atoms with Gasteiger partial charge < -0.3 is 20.0 Å². The van der Waals surface area contributed by atoms with Crippen LogP contribution in [0, 0.1) is 0 Å². The maximum Gasteiger partial charge on any atom is 0.318 e. The molecule has 6 nitrogen and oxygen atoms in total. The van der Waals surface area contributed by atoms with Crippen molar-refractivity contribution >= 4 is 11.9 Å². The normalized spacial score (nSPS) is 31.1. The monoisotopic (exact) mass is 376 g/mol. The second kappa shape index (κ2) is 8.38. The summed E-state index contributed by atoms with van der Waals surface area (Å²) in [7, 11) is 0. The van der Waals surface area contributed by atoms with Gasteiger partial charge in [0, 0.05) is 44.7 Å². The van der Waals surface area contributed by atoms with Gasteiger partial charge in [-0.25, -0.2) is 4.79 Å². The van der Waals surface area contributed by atoms with E-state index in [1.807, 2.05) is 0 Å². The number of carbonyl (C=O) groups excluding carboxylic acids is 2. The number of carbonyl (C=O) groups is 2. The lowest BCUT2D eigenvalue weighted by atomic mass is 9.89. The second-order valence-electron chi connectivity index (χ2n) is 8.94. The molecule has 1 N–H and O–H groups in total. The highest BCUT2D eigenvalue weighted by Crippen LogP contribution is 2.33. The summed E-state index contributed by atoms with van der Waals surface area (Å²) in [5, 5.41) is 3.24. The van der Waals surface area contributed by atoms with Crippen LogP contribution in [0.1, 0.15) is 71.1 Å². The first-order valence-corrected chi connectivity index (χ1v) is 11.3. The van der Waals surface area contributed by atoms with E-state index in [0.717, 1.165) is 64.7 Å². The number of hydrogen-bond acceptors (Lipinski definition) is 3. The third-order valence-corrected chi connectivity index (χ3v) is 7.32. The summed E-state index contributed by atoms with van der Waals surface area (Å²) in [6.45, 7) is 6.10. The van der Waals surface area contributed by atoms with Crippen LogP contribution in [0.4, 0.5) is 4.79 Å². The Kier molecular flexibility index (Phi) is 5.90. The predicted octanol–water partition coefficient (Wildman–Crippen LogP) is 2.58. The number of nitrogens with one attached hydrogen (secondary N) is 1. The van der Waals surface area contributed by atoms with Gasteiger partial charge in [0.05, 0.1) is 12.1 Å². The Bertz CT molecular complexity index is 538. The molecule has 3 saturated heterocycles. The molecule has 0 radical (unpaired) electrons. The van der Waals surface area contributed by atoms with Crippen LogP contribution in [0.3, 0.4) is 0 Å². The predicted molar refractivity (Wildman–Crippen MR) is 106 cm³/mol. The van der Waals surface area contributed by atoms with E-state index in [0.29, 0.717) is 36.5 Å². The van der Waals surface area contributed by atoms with Crippen LogP contribution in [0.15, 0.2) is 0 Å². The first-order valence-electron chi connectivity index (χ1n) is 11.3. The molecule has 2 atom stereocenters. The van der Waals surface area contributed by atoms with Crippen molar-refractivity contribution in [3.8, 4) is 0 Å². The van der Waals surface area contributed by atoms with Crippen molar-refractivity contribution in [1.29, 1.82) is 0 Å². The zero-order valence-corrected chi connectivity index (χ0v) is 16.9. The van der Waals surface area contributed by atoms with Crippen LogP contribution in [0.25, 0.3) is 0 Å². The van der Waals surface area contributed by atoms with E-state index in [9.17, 15) is 9.59 Å². The van der Waals surface area contributed by atoms with E-state index < -0.39 is 0 Å². The molecule has 0 aromatic heterocycles. The van der Waals surface area contributed by atoms with Crippen molar-refractivity contribution in [3.05, 3.63) is 0 Å². The van der Waals surface area contributed by atoms with Gasteiger partial charge in [-0.3, -0.25) is 4.79 Å². The lowest BCUT2D eigenvalue weighted by molar-refractivity contribution is -0.132. The quantitative estimate of drug-likeness (QED) is 0.820. The van der Waals surface area contributed by atoms with Gasteiger partial charge in [0.25, 0.3) is 0 Å². The van der Waals surface area contributed by atoms with Crippen LogP contribution in [0.2, 0.25) is 0 Å². The van der Waals surface area contributed by atoms with Crippen LogP contribution in [-0.2, 0) is 4.79 Å². The summed E-state index contributed by atoms with van der Waals surface area (Å²) in [5.74, 6) is 0.330. The van der Waals surface area contributed by atoms with Gasteiger partial charge in [-0.1, -0.05) is 19.8 Å². The first kappa shape index (κ1) is 19.0. The maximum atomic E-state index is 12.5. The van der Waals surface area contributed by atoms with E-state index in [4.69, 9.17) is 0 Å². The summed E-state index contributed by atoms with van der Waals surface area (Å²) in [5.41, 5.74) is 0. The van der Waals surface area contributed by atoms with Crippen LogP contribution in [-0.4, -0.2) is 77.0 Å². The van der Waals surface area contributed by atoms with Crippen LogP contribution < -0.4 is 5.32 Å². The zero-order chi connectivity index (χ0) is 18.8. The van der Waals surface area contributed by atoms with Crippen molar-refractivity contribution < 1.29 is 9.59 Å². The van der Waals surface area contributed by atoms with Crippen molar-refractivity contribution in [3.63, 3.8) is 0 Å². The minimum absolute atomic E-state index is 0.188. The van der Waals surface area contributed by atoms with Gasteiger partial charge in [0.2, 0.25) is 5.91 Å². The van der Waals surface area contributed by atoms with Gasteiger partial charge in [0.1, 0.15) is 0 Å². The van der Waals surface area contributed by atoms with E-state index in [1.165, 1.54) is 19.3 Å². The number of amides is 3. The van der Waals surface area contributed by atoms with E-state index >= 15 is 0 Å². The SMILES string of the molecule is CCCC(=O)N1CCC(N2CCC(N3C(=O)N[C@@H]4CCCCC43)CC2)CC1. The molecular formula is C21H36N4O2. The molecule has 0 spiro atoms. The average molecular weight is 377 g/mol.